The van der Waals surface area contributed by atoms with Gasteiger partial charge < -0.3 is 4.74 Å². The maximum absolute atomic E-state index is 12.8. The van der Waals surface area contributed by atoms with Gasteiger partial charge in [0.2, 0.25) is 0 Å². The number of ether oxygens (including phenoxy) is 1. The maximum Gasteiger partial charge on any atom is 0.422 e. The van der Waals surface area contributed by atoms with Crippen LogP contribution in [0.25, 0.3) is 0 Å². The van der Waals surface area contributed by atoms with Crippen molar-refractivity contribution in [2.45, 2.75) is 26.4 Å². The Morgan fingerprint density at radius 3 is 2.09 bits per heavy atom. The van der Waals surface area contributed by atoms with Gasteiger partial charge in [-0.15, -0.1) is 0 Å². The van der Waals surface area contributed by atoms with Gasteiger partial charge in [0.05, 0.1) is 5.69 Å². The number of nitrogens with zero attached hydrogens (tertiary/aromatic N) is 1. The van der Waals surface area contributed by atoms with E-state index < -0.39 is 17.6 Å². The highest BCUT2D eigenvalue weighted by Gasteiger charge is 2.30. The molecule has 0 aliphatic carbocycles. The Labute approximate surface area is 149 Å². The molecule has 0 saturated heterocycles. The van der Waals surface area contributed by atoms with Crippen LogP contribution in [0.2, 0.25) is 0 Å². The van der Waals surface area contributed by atoms with Crippen LogP contribution in [-0.4, -0.2) is 17.6 Å². The SMILES string of the molecule is CC(C)(C)OC(=O)N(C(=O)c1ccccc1)c1ccccc1I. The molecule has 23 heavy (non-hydrogen) atoms. The minimum absolute atomic E-state index is 0.413. The molecule has 2 aromatic rings. The lowest BCUT2D eigenvalue weighted by molar-refractivity contribution is 0.0564. The normalized spacial score (nSPS) is 11.0. The first-order valence-electron chi connectivity index (χ1n) is 7.16. The number of halogens is 1. The quantitative estimate of drug-likeness (QED) is 0.648. The summed E-state index contributed by atoms with van der Waals surface area (Å²) in [6.45, 7) is 5.31. The van der Waals surface area contributed by atoms with Crippen LogP contribution in [0.4, 0.5) is 10.5 Å². The second-order valence-corrected chi connectivity index (χ2v) is 7.10. The Kier molecular flexibility index (Phi) is 5.41. The van der Waals surface area contributed by atoms with Gasteiger partial charge >= 0.3 is 6.09 Å². The predicted molar refractivity (Wildman–Crippen MR) is 98.6 cm³/mol. The molecule has 2 rings (SSSR count). The standard InChI is InChI=1S/C18H18INO3/c1-18(2,3)23-17(22)20(15-12-8-7-11-14(15)19)16(21)13-9-5-4-6-10-13/h4-12H,1-3H3. The van der Waals surface area contributed by atoms with E-state index in [1.165, 1.54) is 0 Å². The summed E-state index contributed by atoms with van der Waals surface area (Å²) in [5, 5.41) is 0. The summed E-state index contributed by atoms with van der Waals surface area (Å²) in [7, 11) is 0. The van der Waals surface area contributed by atoms with Crippen LogP contribution in [-0.2, 0) is 4.74 Å². The molecule has 120 valence electrons. The van der Waals surface area contributed by atoms with Gasteiger partial charge in [-0.3, -0.25) is 4.79 Å². The first-order valence-corrected chi connectivity index (χ1v) is 8.24. The van der Waals surface area contributed by atoms with Gasteiger partial charge in [0.1, 0.15) is 5.60 Å². The van der Waals surface area contributed by atoms with Crippen LogP contribution in [0.1, 0.15) is 31.1 Å². The second kappa shape index (κ2) is 7.12. The van der Waals surface area contributed by atoms with Crippen molar-refractivity contribution in [3.8, 4) is 0 Å². The Hall–Kier alpha value is -1.89. The lowest BCUT2D eigenvalue weighted by Gasteiger charge is -2.26. The van der Waals surface area contributed by atoms with Gasteiger partial charge in [-0.25, -0.2) is 9.69 Å². The molecule has 0 aromatic heterocycles. The maximum atomic E-state index is 12.8. The largest absolute Gasteiger partial charge is 0.443 e. The van der Waals surface area contributed by atoms with E-state index in [-0.39, 0.29) is 0 Å². The molecule has 0 aliphatic rings. The number of carbonyl (C=O) groups is 2. The minimum Gasteiger partial charge on any atom is -0.443 e. The van der Waals surface area contributed by atoms with Gasteiger partial charge in [-0.1, -0.05) is 30.3 Å². The van der Waals surface area contributed by atoms with Crippen molar-refractivity contribution in [2.75, 3.05) is 4.90 Å². The summed E-state index contributed by atoms with van der Waals surface area (Å²) in [5.41, 5.74) is 0.251. The zero-order valence-electron chi connectivity index (χ0n) is 13.2. The van der Waals surface area contributed by atoms with E-state index in [0.29, 0.717) is 11.3 Å². The summed E-state index contributed by atoms with van der Waals surface area (Å²) in [5.74, 6) is -0.413. The Bertz CT molecular complexity index is 708. The molecule has 2 amide bonds. The van der Waals surface area contributed by atoms with Crippen molar-refractivity contribution >= 4 is 40.3 Å². The third-order valence-corrected chi connectivity index (χ3v) is 3.81. The number of hydrogen-bond acceptors (Lipinski definition) is 3. The van der Waals surface area contributed by atoms with Crippen molar-refractivity contribution in [2.24, 2.45) is 0 Å². The monoisotopic (exact) mass is 423 g/mol. The highest BCUT2D eigenvalue weighted by Crippen LogP contribution is 2.26. The summed E-state index contributed by atoms with van der Waals surface area (Å²) in [6, 6.07) is 15.9. The Morgan fingerprint density at radius 1 is 0.957 bits per heavy atom. The predicted octanol–water partition coefficient (Wildman–Crippen LogP) is 4.87. The average Bonchev–Trinajstić information content (AvgIpc) is 2.48. The van der Waals surface area contributed by atoms with Gasteiger partial charge in [0.15, 0.2) is 0 Å². The molecule has 0 spiro atoms. The number of amides is 2. The highest BCUT2D eigenvalue weighted by molar-refractivity contribution is 14.1. The van der Waals surface area contributed by atoms with E-state index >= 15 is 0 Å². The fraction of sp³-hybridized carbons (Fsp3) is 0.222. The number of hydrogen-bond donors (Lipinski definition) is 0. The molecule has 2 aromatic carbocycles. The molecule has 0 heterocycles. The lowest BCUT2D eigenvalue weighted by Crippen LogP contribution is -2.41. The van der Waals surface area contributed by atoms with E-state index in [1.807, 2.05) is 18.2 Å². The molecule has 0 saturated carbocycles. The molecule has 0 N–H and O–H groups in total. The molecule has 0 fully saturated rings. The van der Waals surface area contributed by atoms with Crippen LogP contribution in [0.15, 0.2) is 54.6 Å². The van der Waals surface area contributed by atoms with Crippen molar-refractivity contribution < 1.29 is 14.3 Å². The highest BCUT2D eigenvalue weighted by atomic mass is 127. The van der Waals surface area contributed by atoms with Crippen molar-refractivity contribution in [1.29, 1.82) is 0 Å². The summed E-state index contributed by atoms with van der Waals surface area (Å²) in [6.07, 6.45) is -0.685. The summed E-state index contributed by atoms with van der Waals surface area (Å²) in [4.78, 5) is 26.5. The van der Waals surface area contributed by atoms with E-state index in [4.69, 9.17) is 4.74 Å². The van der Waals surface area contributed by atoms with Crippen LogP contribution in [0.3, 0.4) is 0 Å². The van der Waals surface area contributed by atoms with Crippen molar-refractivity contribution in [3.63, 3.8) is 0 Å². The van der Waals surface area contributed by atoms with Crippen LogP contribution in [0.5, 0.6) is 0 Å². The van der Waals surface area contributed by atoms with Crippen molar-refractivity contribution in [1.82, 2.24) is 0 Å². The number of anilines is 1. The zero-order valence-corrected chi connectivity index (χ0v) is 15.4. The number of carbonyl (C=O) groups excluding carboxylic acids is 2. The molecule has 5 heteroatoms. The second-order valence-electron chi connectivity index (χ2n) is 5.94. The first kappa shape index (κ1) is 17.5. The molecule has 0 bridgehead atoms. The lowest BCUT2D eigenvalue weighted by atomic mass is 10.2. The average molecular weight is 423 g/mol. The minimum atomic E-state index is -0.688. The van der Waals surface area contributed by atoms with Crippen LogP contribution in [0, 0.1) is 3.57 Å². The van der Waals surface area contributed by atoms with E-state index in [0.717, 1.165) is 8.47 Å². The molecule has 0 aliphatic heterocycles. The van der Waals surface area contributed by atoms with Crippen LogP contribution < -0.4 is 4.90 Å². The molecule has 0 atom stereocenters. The number of benzene rings is 2. The fourth-order valence-corrected chi connectivity index (χ4v) is 2.57. The molecule has 0 unspecified atom stereocenters. The van der Waals surface area contributed by atoms with Gasteiger partial charge in [0, 0.05) is 9.13 Å². The molecular formula is C18H18INO3. The van der Waals surface area contributed by atoms with Gasteiger partial charge in [-0.05, 0) is 67.6 Å². The molecule has 0 radical (unpaired) electrons. The number of imide groups is 1. The van der Waals surface area contributed by atoms with E-state index in [1.54, 1.807) is 57.2 Å². The zero-order chi connectivity index (χ0) is 17.0. The number of para-hydroxylation sites is 1. The van der Waals surface area contributed by atoms with Gasteiger partial charge in [0.25, 0.3) is 5.91 Å². The third kappa shape index (κ3) is 4.54. The third-order valence-electron chi connectivity index (χ3n) is 2.89. The van der Waals surface area contributed by atoms with Crippen LogP contribution >= 0.6 is 22.6 Å². The Balaban J connectivity index is 2.46. The van der Waals surface area contributed by atoms with Gasteiger partial charge in [-0.2, -0.15) is 0 Å². The summed E-state index contributed by atoms with van der Waals surface area (Å²) >= 11 is 2.10. The molecular weight excluding hydrogens is 405 g/mol. The topological polar surface area (TPSA) is 46.6 Å². The van der Waals surface area contributed by atoms with E-state index in [9.17, 15) is 9.59 Å². The first-order chi connectivity index (χ1) is 10.8. The molecule has 4 nitrogen and oxygen atoms in total. The Morgan fingerprint density at radius 2 is 1.52 bits per heavy atom. The van der Waals surface area contributed by atoms with Crippen molar-refractivity contribution in [3.05, 3.63) is 63.7 Å². The smallest absolute Gasteiger partial charge is 0.422 e. The van der Waals surface area contributed by atoms with E-state index in [2.05, 4.69) is 22.6 Å². The number of rotatable bonds is 2. The fourth-order valence-electron chi connectivity index (χ4n) is 1.94. The summed E-state index contributed by atoms with van der Waals surface area (Å²) < 4.78 is 6.21.